The van der Waals surface area contributed by atoms with Crippen molar-refractivity contribution in [3.05, 3.63) is 28.8 Å². The third-order valence-corrected chi connectivity index (χ3v) is 8.12. The van der Waals surface area contributed by atoms with Crippen molar-refractivity contribution >= 4 is 21.6 Å². The highest BCUT2D eigenvalue weighted by Gasteiger charge is 2.31. The van der Waals surface area contributed by atoms with Crippen molar-refractivity contribution in [2.45, 2.75) is 44.4 Å². The van der Waals surface area contributed by atoms with E-state index in [0.29, 0.717) is 34.5 Å². The Bertz CT molecular complexity index is 699. The lowest BCUT2D eigenvalue weighted by atomic mass is 9.94. The van der Waals surface area contributed by atoms with E-state index >= 15 is 0 Å². The summed E-state index contributed by atoms with van der Waals surface area (Å²) in [6, 6.07) is 5.12. The summed E-state index contributed by atoms with van der Waals surface area (Å²) in [5.41, 5.74) is 0.647. The second-order valence-corrected chi connectivity index (χ2v) is 10.0. The minimum Gasteiger partial charge on any atom is -0.303 e. The van der Waals surface area contributed by atoms with Crippen molar-refractivity contribution < 1.29 is 8.42 Å². The zero-order valence-electron chi connectivity index (χ0n) is 15.2. The van der Waals surface area contributed by atoms with E-state index in [4.69, 9.17) is 11.6 Å². The Kier molecular flexibility index (Phi) is 6.09. The van der Waals surface area contributed by atoms with Crippen LogP contribution in [-0.4, -0.2) is 50.3 Å². The van der Waals surface area contributed by atoms with Crippen molar-refractivity contribution in [2.24, 2.45) is 11.8 Å². The van der Waals surface area contributed by atoms with Gasteiger partial charge in [-0.05, 0) is 68.7 Å². The smallest absolute Gasteiger partial charge is 0.243 e. The SMILES string of the molecule is Cc1c(Cl)cccc1S(=O)(=O)N1CCC(CN2CCCC(C)C2)CC1. The Labute approximate surface area is 157 Å². The predicted octanol–water partition coefficient (Wildman–Crippen LogP) is 3.78. The molecule has 1 aromatic carbocycles. The van der Waals surface area contributed by atoms with Crippen LogP contribution >= 0.6 is 11.6 Å². The molecule has 1 aromatic rings. The van der Waals surface area contributed by atoms with E-state index < -0.39 is 10.0 Å². The minimum absolute atomic E-state index is 0.350. The zero-order chi connectivity index (χ0) is 18.0. The van der Waals surface area contributed by atoms with E-state index in [9.17, 15) is 8.42 Å². The number of piperidine rings is 2. The van der Waals surface area contributed by atoms with Crippen molar-refractivity contribution in [2.75, 3.05) is 32.7 Å². The van der Waals surface area contributed by atoms with E-state index in [0.717, 1.165) is 25.3 Å². The molecule has 0 N–H and O–H groups in total. The summed E-state index contributed by atoms with van der Waals surface area (Å²) in [6.45, 7) is 8.85. The highest BCUT2D eigenvalue weighted by Crippen LogP contribution is 2.29. The summed E-state index contributed by atoms with van der Waals surface area (Å²) in [7, 11) is -3.45. The average molecular weight is 385 g/mol. The summed E-state index contributed by atoms with van der Waals surface area (Å²) < 4.78 is 27.6. The normalized spacial score (nSPS) is 24.5. The Morgan fingerprint density at radius 3 is 2.56 bits per heavy atom. The fourth-order valence-electron chi connectivity index (χ4n) is 4.16. The van der Waals surface area contributed by atoms with Gasteiger partial charge in [-0.15, -0.1) is 0 Å². The zero-order valence-corrected chi connectivity index (χ0v) is 16.8. The van der Waals surface area contributed by atoms with Gasteiger partial charge in [-0.3, -0.25) is 0 Å². The van der Waals surface area contributed by atoms with E-state index in [-0.39, 0.29) is 0 Å². The molecule has 2 heterocycles. The molecule has 6 heteroatoms. The first-order chi connectivity index (χ1) is 11.9. The molecule has 0 saturated carbocycles. The number of likely N-dealkylation sites (tertiary alicyclic amines) is 1. The molecular formula is C19H29ClN2O2S. The average Bonchev–Trinajstić information content (AvgIpc) is 2.58. The Morgan fingerprint density at radius 2 is 1.88 bits per heavy atom. The number of benzene rings is 1. The summed E-state index contributed by atoms with van der Waals surface area (Å²) in [5, 5.41) is 0.509. The summed E-state index contributed by atoms with van der Waals surface area (Å²) >= 11 is 6.11. The molecule has 0 spiro atoms. The van der Waals surface area contributed by atoms with Crippen LogP contribution in [0.1, 0.15) is 38.2 Å². The second kappa shape index (κ2) is 7.95. The van der Waals surface area contributed by atoms with Crippen molar-refractivity contribution in [1.82, 2.24) is 9.21 Å². The van der Waals surface area contributed by atoms with E-state index in [1.165, 1.54) is 25.9 Å². The van der Waals surface area contributed by atoms with Gasteiger partial charge < -0.3 is 4.90 Å². The molecule has 2 saturated heterocycles. The number of nitrogens with zero attached hydrogens (tertiary/aromatic N) is 2. The molecule has 2 aliphatic heterocycles. The maximum Gasteiger partial charge on any atom is 0.243 e. The van der Waals surface area contributed by atoms with Crippen LogP contribution in [0, 0.1) is 18.8 Å². The molecular weight excluding hydrogens is 356 g/mol. The standard InChI is InChI=1S/C19H29ClN2O2S/c1-15-5-4-10-21(13-15)14-17-8-11-22(12-9-17)25(23,24)19-7-3-6-18(20)16(19)2/h3,6-7,15,17H,4-5,8-14H2,1-2H3. The van der Waals surface area contributed by atoms with Crippen molar-refractivity contribution in [3.63, 3.8) is 0 Å². The quantitative estimate of drug-likeness (QED) is 0.793. The first-order valence-corrected chi connectivity index (χ1v) is 11.2. The van der Waals surface area contributed by atoms with Gasteiger partial charge in [-0.1, -0.05) is 24.6 Å². The van der Waals surface area contributed by atoms with Gasteiger partial charge in [-0.25, -0.2) is 8.42 Å². The molecule has 2 fully saturated rings. The monoisotopic (exact) mass is 384 g/mol. The predicted molar refractivity (Wildman–Crippen MR) is 103 cm³/mol. The van der Waals surface area contributed by atoms with Gasteiger partial charge in [0.25, 0.3) is 0 Å². The van der Waals surface area contributed by atoms with E-state index in [1.54, 1.807) is 29.4 Å². The maximum absolute atomic E-state index is 13.0. The van der Waals surface area contributed by atoms with Crippen LogP contribution in [0.4, 0.5) is 0 Å². The summed E-state index contributed by atoms with van der Waals surface area (Å²) in [6.07, 6.45) is 4.53. The second-order valence-electron chi connectivity index (χ2n) is 7.72. The van der Waals surface area contributed by atoms with Crippen LogP contribution in [0.5, 0.6) is 0 Å². The van der Waals surface area contributed by atoms with Gasteiger partial charge in [-0.2, -0.15) is 4.31 Å². The largest absolute Gasteiger partial charge is 0.303 e. The van der Waals surface area contributed by atoms with E-state index in [2.05, 4.69) is 11.8 Å². The molecule has 1 unspecified atom stereocenters. The third-order valence-electron chi connectivity index (χ3n) is 5.67. The molecule has 0 aliphatic carbocycles. The highest BCUT2D eigenvalue weighted by molar-refractivity contribution is 7.89. The van der Waals surface area contributed by atoms with Crippen LogP contribution in [0.15, 0.2) is 23.1 Å². The fraction of sp³-hybridized carbons (Fsp3) is 0.684. The van der Waals surface area contributed by atoms with Gasteiger partial charge in [0.1, 0.15) is 0 Å². The van der Waals surface area contributed by atoms with Crippen molar-refractivity contribution in [1.29, 1.82) is 0 Å². The molecule has 0 bridgehead atoms. The van der Waals surface area contributed by atoms with Crippen LogP contribution in [0.3, 0.4) is 0 Å². The van der Waals surface area contributed by atoms with Crippen LogP contribution in [-0.2, 0) is 10.0 Å². The van der Waals surface area contributed by atoms with Gasteiger partial charge in [0.2, 0.25) is 10.0 Å². The number of sulfonamides is 1. The molecule has 0 amide bonds. The number of halogens is 1. The maximum atomic E-state index is 13.0. The van der Waals surface area contributed by atoms with Crippen LogP contribution < -0.4 is 0 Å². The molecule has 2 aliphatic rings. The minimum atomic E-state index is -3.45. The molecule has 140 valence electrons. The first kappa shape index (κ1) is 19.2. The topological polar surface area (TPSA) is 40.6 Å². The van der Waals surface area contributed by atoms with E-state index in [1.807, 2.05) is 0 Å². The first-order valence-electron chi connectivity index (χ1n) is 9.35. The lowest BCUT2D eigenvalue weighted by Gasteiger charge is -2.37. The van der Waals surface area contributed by atoms with Crippen LogP contribution in [0.2, 0.25) is 5.02 Å². The summed E-state index contributed by atoms with van der Waals surface area (Å²) in [5.74, 6) is 1.40. The van der Waals surface area contributed by atoms with Crippen LogP contribution in [0.25, 0.3) is 0 Å². The number of rotatable bonds is 4. The molecule has 4 nitrogen and oxygen atoms in total. The Balaban J connectivity index is 1.60. The third kappa shape index (κ3) is 4.38. The molecule has 1 atom stereocenters. The molecule has 0 radical (unpaired) electrons. The van der Waals surface area contributed by atoms with Gasteiger partial charge in [0.05, 0.1) is 4.90 Å². The summed E-state index contributed by atoms with van der Waals surface area (Å²) in [4.78, 5) is 2.92. The lowest BCUT2D eigenvalue weighted by molar-refractivity contribution is 0.136. The highest BCUT2D eigenvalue weighted by atomic mass is 35.5. The van der Waals surface area contributed by atoms with Gasteiger partial charge >= 0.3 is 0 Å². The van der Waals surface area contributed by atoms with Gasteiger partial charge in [0, 0.05) is 31.2 Å². The number of hydrogen-bond donors (Lipinski definition) is 0. The number of hydrogen-bond acceptors (Lipinski definition) is 3. The Hall–Kier alpha value is -0.620. The fourth-order valence-corrected chi connectivity index (χ4v) is 6.10. The van der Waals surface area contributed by atoms with Gasteiger partial charge in [0.15, 0.2) is 0 Å². The lowest BCUT2D eigenvalue weighted by Crippen LogP contribution is -2.43. The van der Waals surface area contributed by atoms with Crippen molar-refractivity contribution in [3.8, 4) is 0 Å². The Morgan fingerprint density at radius 1 is 1.16 bits per heavy atom. The molecule has 0 aromatic heterocycles. The molecule has 3 rings (SSSR count). The molecule has 25 heavy (non-hydrogen) atoms.